The number of piperidine rings is 2. The number of fused-ring (bicyclic) bond motifs is 1. The maximum absolute atomic E-state index is 13.6. The van der Waals surface area contributed by atoms with Crippen molar-refractivity contribution in [3.05, 3.63) is 47.2 Å². The van der Waals surface area contributed by atoms with Gasteiger partial charge in [0.2, 0.25) is 5.91 Å². The second-order valence-corrected chi connectivity index (χ2v) is 10.9. The molecule has 2 saturated heterocycles. The van der Waals surface area contributed by atoms with Gasteiger partial charge >= 0.3 is 6.01 Å². The number of likely N-dealkylation sites (tertiary alicyclic amines) is 2. The van der Waals surface area contributed by atoms with Gasteiger partial charge in [-0.3, -0.25) is 14.5 Å². The number of nitrogens with zero attached hydrogens (tertiary/aromatic N) is 5. The summed E-state index contributed by atoms with van der Waals surface area (Å²) < 4.78 is 10.8. The summed E-state index contributed by atoms with van der Waals surface area (Å²) in [5, 5.41) is 14.5. The molecule has 11 heteroatoms. The van der Waals surface area contributed by atoms with Crippen molar-refractivity contribution < 1.29 is 24.2 Å². The molecule has 4 heterocycles. The van der Waals surface area contributed by atoms with Gasteiger partial charge in [-0.1, -0.05) is 24.3 Å². The Morgan fingerprint density at radius 3 is 2.50 bits per heavy atom. The number of rotatable bonds is 8. The summed E-state index contributed by atoms with van der Waals surface area (Å²) in [6, 6.07) is 10.4. The minimum atomic E-state index is -0.647. The number of anilines is 1. The molecular formula is C29H40N6O5. The third-order valence-corrected chi connectivity index (χ3v) is 8.20. The molecule has 0 bridgehead atoms. The molecule has 1 aromatic carbocycles. The van der Waals surface area contributed by atoms with Crippen molar-refractivity contribution in [2.24, 2.45) is 0 Å². The largest absolute Gasteiger partial charge is 0.461 e. The van der Waals surface area contributed by atoms with Gasteiger partial charge in [0.15, 0.2) is 0 Å². The average Bonchev–Trinajstić information content (AvgIpc) is 2.97. The standard InChI is InChI=1S/C29H40N6O5/c1-20(36)33-12-8-23(9-13-33)30-27-17-24(31-29(32-27)40-16-15-39-2)28(38)35-14-10-25(26(37)19-35)34-11-7-21-5-3-4-6-22(21)18-34/h3-6,17,23,25-26,37H,7-16,18-19H2,1-2H3,(H,30,31,32)/t25-,26-/m1/s1. The van der Waals surface area contributed by atoms with Crippen molar-refractivity contribution in [2.75, 3.05) is 58.4 Å². The number of nitrogens with one attached hydrogen (secondary N) is 1. The van der Waals surface area contributed by atoms with Crippen LogP contribution < -0.4 is 10.1 Å². The van der Waals surface area contributed by atoms with Crippen LogP contribution >= 0.6 is 0 Å². The van der Waals surface area contributed by atoms with E-state index in [0.29, 0.717) is 38.5 Å². The fourth-order valence-electron chi connectivity index (χ4n) is 5.93. The van der Waals surface area contributed by atoms with E-state index in [2.05, 4.69) is 44.5 Å². The van der Waals surface area contributed by atoms with Crippen LogP contribution in [-0.2, 0) is 22.5 Å². The molecule has 0 spiro atoms. The molecule has 0 saturated carbocycles. The van der Waals surface area contributed by atoms with Crippen molar-refractivity contribution in [1.29, 1.82) is 0 Å². The van der Waals surface area contributed by atoms with Crippen molar-refractivity contribution in [3.63, 3.8) is 0 Å². The number of hydrogen-bond donors (Lipinski definition) is 2. The van der Waals surface area contributed by atoms with E-state index in [4.69, 9.17) is 9.47 Å². The van der Waals surface area contributed by atoms with Crippen LogP contribution in [0.3, 0.4) is 0 Å². The molecule has 0 unspecified atom stereocenters. The van der Waals surface area contributed by atoms with Crippen molar-refractivity contribution in [2.45, 2.75) is 57.3 Å². The van der Waals surface area contributed by atoms with Crippen LogP contribution in [0.1, 0.15) is 47.8 Å². The Balaban J connectivity index is 1.25. The summed E-state index contributed by atoms with van der Waals surface area (Å²) in [5.41, 5.74) is 2.92. The van der Waals surface area contributed by atoms with Gasteiger partial charge in [0.05, 0.1) is 12.7 Å². The molecule has 5 rings (SSSR count). The molecule has 1 aromatic heterocycles. The average molecular weight is 553 g/mol. The minimum Gasteiger partial charge on any atom is -0.461 e. The summed E-state index contributed by atoms with van der Waals surface area (Å²) in [5.74, 6) is 0.336. The van der Waals surface area contributed by atoms with Crippen LogP contribution in [0.2, 0.25) is 0 Å². The Labute approximate surface area is 235 Å². The molecule has 40 heavy (non-hydrogen) atoms. The smallest absolute Gasteiger partial charge is 0.319 e. The van der Waals surface area contributed by atoms with Gasteiger partial charge in [-0.2, -0.15) is 9.97 Å². The predicted octanol–water partition coefficient (Wildman–Crippen LogP) is 1.56. The molecular weight excluding hydrogens is 512 g/mol. The van der Waals surface area contributed by atoms with Gasteiger partial charge < -0.3 is 29.7 Å². The molecule has 3 aliphatic rings. The number of aliphatic hydroxyl groups excluding tert-OH is 1. The van der Waals surface area contributed by atoms with E-state index in [1.165, 1.54) is 11.1 Å². The number of β-amino-alcohol motifs (C(OH)–C–C–N with tert-alkyl or cyclic N) is 1. The Morgan fingerprint density at radius 1 is 1.02 bits per heavy atom. The molecule has 2 N–H and O–H groups in total. The van der Waals surface area contributed by atoms with E-state index in [1.807, 2.05) is 4.90 Å². The number of aliphatic hydroxyl groups is 1. The Bertz CT molecular complexity index is 1190. The van der Waals surface area contributed by atoms with E-state index in [9.17, 15) is 14.7 Å². The topological polar surface area (TPSA) is 120 Å². The number of hydrogen-bond acceptors (Lipinski definition) is 9. The lowest BCUT2D eigenvalue weighted by atomic mass is 9.94. The zero-order valence-corrected chi connectivity index (χ0v) is 23.4. The molecule has 2 atom stereocenters. The lowest BCUT2D eigenvalue weighted by molar-refractivity contribution is -0.129. The maximum Gasteiger partial charge on any atom is 0.319 e. The summed E-state index contributed by atoms with van der Waals surface area (Å²) in [6.45, 7) is 6.08. The lowest BCUT2D eigenvalue weighted by Gasteiger charge is -2.43. The summed E-state index contributed by atoms with van der Waals surface area (Å²) in [4.78, 5) is 40.0. The Morgan fingerprint density at radius 2 is 1.77 bits per heavy atom. The first-order valence-electron chi connectivity index (χ1n) is 14.2. The molecule has 216 valence electrons. The first kappa shape index (κ1) is 28.3. The molecule has 2 amide bonds. The second kappa shape index (κ2) is 12.9. The van der Waals surface area contributed by atoms with Gasteiger partial charge in [-0.05, 0) is 36.8 Å². The van der Waals surface area contributed by atoms with Gasteiger partial charge in [-0.15, -0.1) is 0 Å². The molecule has 0 aliphatic carbocycles. The first-order chi connectivity index (χ1) is 19.4. The first-order valence-corrected chi connectivity index (χ1v) is 14.2. The van der Waals surface area contributed by atoms with Gasteiger partial charge in [0.25, 0.3) is 5.91 Å². The fourth-order valence-corrected chi connectivity index (χ4v) is 5.93. The highest BCUT2D eigenvalue weighted by atomic mass is 16.5. The zero-order valence-electron chi connectivity index (χ0n) is 23.4. The summed E-state index contributed by atoms with van der Waals surface area (Å²) in [7, 11) is 1.59. The monoisotopic (exact) mass is 552 g/mol. The van der Waals surface area contributed by atoms with Crippen LogP contribution in [0.15, 0.2) is 30.3 Å². The van der Waals surface area contributed by atoms with Crippen molar-refractivity contribution >= 4 is 17.6 Å². The number of methoxy groups -OCH3 is 1. The van der Waals surface area contributed by atoms with Crippen LogP contribution in [-0.4, -0.2) is 113 Å². The molecule has 2 fully saturated rings. The lowest BCUT2D eigenvalue weighted by Crippen LogP contribution is -2.56. The minimum absolute atomic E-state index is 0.00819. The van der Waals surface area contributed by atoms with Gasteiger partial charge in [-0.25, -0.2) is 0 Å². The molecule has 0 radical (unpaired) electrons. The Hall–Kier alpha value is -3.28. The number of amides is 2. The zero-order chi connectivity index (χ0) is 28.1. The molecule has 3 aliphatic heterocycles. The second-order valence-electron chi connectivity index (χ2n) is 10.9. The Kier molecular flexibility index (Phi) is 9.13. The van der Waals surface area contributed by atoms with E-state index >= 15 is 0 Å². The molecule has 11 nitrogen and oxygen atoms in total. The fraction of sp³-hybridized carbons (Fsp3) is 0.586. The number of carbonyl (C=O) groups is 2. The van der Waals surface area contributed by atoms with E-state index in [1.54, 1.807) is 25.0 Å². The van der Waals surface area contributed by atoms with E-state index in [-0.39, 0.29) is 48.8 Å². The van der Waals surface area contributed by atoms with E-state index < -0.39 is 6.10 Å². The van der Waals surface area contributed by atoms with Crippen LogP contribution in [0.25, 0.3) is 0 Å². The quantitative estimate of drug-likeness (QED) is 0.470. The van der Waals surface area contributed by atoms with Crippen molar-refractivity contribution in [1.82, 2.24) is 24.7 Å². The maximum atomic E-state index is 13.6. The van der Waals surface area contributed by atoms with Crippen LogP contribution in [0, 0.1) is 0 Å². The number of aromatic nitrogens is 2. The SMILES string of the molecule is COCCOc1nc(NC2CCN(C(C)=O)CC2)cc(C(=O)N2CC[C@@H](N3CCc4ccccc4C3)[C@H](O)C2)n1. The number of carbonyl (C=O) groups excluding carboxylic acids is 2. The normalized spacial score (nSPS) is 22.1. The third kappa shape index (κ3) is 6.71. The number of benzene rings is 1. The molecule has 2 aromatic rings. The summed E-state index contributed by atoms with van der Waals surface area (Å²) >= 11 is 0. The van der Waals surface area contributed by atoms with Crippen molar-refractivity contribution in [3.8, 4) is 6.01 Å². The predicted molar refractivity (Wildman–Crippen MR) is 149 cm³/mol. The third-order valence-electron chi connectivity index (χ3n) is 8.20. The highest BCUT2D eigenvalue weighted by Gasteiger charge is 2.36. The van der Waals surface area contributed by atoms with E-state index in [0.717, 1.165) is 32.4 Å². The highest BCUT2D eigenvalue weighted by molar-refractivity contribution is 5.93. The number of ether oxygens (including phenoxy) is 2. The summed E-state index contributed by atoms with van der Waals surface area (Å²) in [6.07, 6.45) is 2.59. The van der Waals surface area contributed by atoms with Gasteiger partial charge in [0, 0.05) is 71.5 Å². The highest BCUT2D eigenvalue weighted by Crippen LogP contribution is 2.26. The van der Waals surface area contributed by atoms with Crippen LogP contribution in [0.4, 0.5) is 5.82 Å². The van der Waals surface area contributed by atoms with Gasteiger partial charge in [0.1, 0.15) is 18.1 Å². The van der Waals surface area contributed by atoms with Crippen LogP contribution in [0.5, 0.6) is 6.01 Å².